The number of carbonyl (C=O) groups is 1. The first-order chi connectivity index (χ1) is 7.56. The molecule has 0 aliphatic rings. The van der Waals surface area contributed by atoms with Crippen molar-refractivity contribution in [1.82, 2.24) is 5.32 Å². The van der Waals surface area contributed by atoms with Crippen molar-refractivity contribution in [3.63, 3.8) is 0 Å². The lowest BCUT2D eigenvalue weighted by Crippen LogP contribution is -2.20. The van der Waals surface area contributed by atoms with Crippen molar-refractivity contribution in [1.29, 1.82) is 0 Å². The number of hydrogen-bond donors (Lipinski definition) is 2. The van der Waals surface area contributed by atoms with Crippen LogP contribution in [-0.2, 0) is 4.79 Å². The molecule has 0 bridgehead atoms. The molecule has 1 aromatic rings. The Kier molecular flexibility index (Phi) is 4.17. The summed E-state index contributed by atoms with van der Waals surface area (Å²) in [6, 6.07) is 3.77. The molecule has 88 valence electrons. The van der Waals surface area contributed by atoms with Crippen LogP contribution >= 0.6 is 0 Å². The normalized spacial score (nSPS) is 9.94. The average Bonchev–Trinajstić information content (AvgIpc) is 2.28. The van der Waals surface area contributed by atoms with Crippen molar-refractivity contribution in [3.05, 3.63) is 23.3 Å². The van der Waals surface area contributed by atoms with Gasteiger partial charge in [-0.1, -0.05) is 6.07 Å². The van der Waals surface area contributed by atoms with Crippen LogP contribution in [0.25, 0.3) is 0 Å². The van der Waals surface area contributed by atoms with Gasteiger partial charge >= 0.3 is 0 Å². The van der Waals surface area contributed by atoms with E-state index >= 15 is 0 Å². The van der Waals surface area contributed by atoms with Gasteiger partial charge < -0.3 is 15.8 Å². The number of ether oxygens (including phenoxy) is 1. The van der Waals surface area contributed by atoms with Gasteiger partial charge in [0.05, 0.1) is 13.0 Å². The summed E-state index contributed by atoms with van der Waals surface area (Å²) in [6.07, 6.45) is 0.351. The molecule has 16 heavy (non-hydrogen) atoms. The van der Waals surface area contributed by atoms with E-state index in [9.17, 15) is 4.79 Å². The minimum atomic E-state index is -0.0285. The minimum Gasteiger partial charge on any atom is -0.492 e. The molecule has 0 aliphatic carbocycles. The van der Waals surface area contributed by atoms with Crippen LogP contribution in [0, 0.1) is 13.8 Å². The van der Waals surface area contributed by atoms with E-state index < -0.39 is 0 Å². The molecule has 4 nitrogen and oxygen atoms in total. The number of nitrogen functional groups attached to an aromatic ring is 1. The van der Waals surface area contributed by atoms with Crippen molar-refractivity contribution in [2.45, 2.75) is 20.3 Å². The molecule has 0 aliphatic heterocycles. The van der Waals surface area contributed by atoms with Crippen LogP contribution in [0.4, 0.5) is 5.69 Å². The molecule has 1 rings (SSSR count). The molecule has 0 heterocycles. The van der Waals surface area contributed by atoms with E-state index in [2.05, 4.69) is 5.32 Å². The fourth-order valence-electron chi connectivity index (χ4n) is 1.44. The van der Waals surface area contributed by atoms with Crippen molar-refractivity contribution < 1.29 is 9.53 Å². The first kappa shape index (κ1) is 12.4. The lowest BCUT2D eigenvalue weighted by molar-refractivity contribution is -0.121. The van der Waals surface area contributed by atoms with Crippen LogP contribution in [0.3, 0.4) is 0 Å². The van der Waals surface area contributed by atoms with Crippen LogP contribution in [0.5, 0.6) is 5.75 Å². The predicted octanol–water partition coefficient (Wildman–Crippen LogP) is 1.40. The fraction of sp³-hybridized carbons (Fsp3) is 0.417. The van der Waals surface area contributed by atoms with Gasteiger partial charge in [-0.2, -0.15) is 0 Å². The molecule has 0 fully saturated rings. The summed E-state index contributed by atoms with van der Waals surface area (Å²) in [5, 5.41) is 2.55. The second-order valence-corrected chi connectivity index (χ2v) is 3.70. The quantitative estimate of drug-likeness (QED) is 0.757. The van der Waals surface area contributed by atoms with Gasteiger partial charge in [-0.05, 0) is 25.5 Å². The minimum absolute atomic E-state index is 0.0285. The summed E-state index contributed by atoms with van der Waals surface area (Å²) >= 11 is 0. The summed E-state index contributed by atoms with van der Waals surface area (Å²) < 4.78 is 5.58. The molecule has 1 aromatic carbocycles. The van der Waals surface area contributed by atoms with Crippen LogP contribution in [0.2, 0.25) is 0 Å². The van der Waals surface area contributed by atoms with Crippen LogP contribution in [-0.4, -0.2) is 19.6 Å². The van der Waals surface area contributed by atoms with E-state index in [1.165, 1.54) is 0 Å². The van der Waals surface area contributed by atoms with E-state index in [1.54, 1.807) is 7.05 Å². The Bertz CT molecular complexity index is 389. The van der Waals surface area contributed by atoms with Crippen molar-refractivity contribution >= 4 is 11.6 Å². The first-order valence-electron chi connectivity index (χ1n) is 5.25. The number of nitrogens with two attached hydrogens (primary N) is 1. The van der Waals surface area contributed by atoms with E-state index in [4.69, 9.17) is 10.5 Å². The summed E-state index contributed by atoms with van der Waals surface area (Å²) in [4.78, 5) is 11.0. The summed E-state index contributed by atoms with van der Waals surface area (Å²) in [5.74, 6) is 0.753. The molecule has 0 saturated heterocycles. The van der Waals surface area contributed by atoms with Gasteiger partial charge in [0.1, 0.15) is 5.75 Å². The second kappa shape index (κ2) is 5.39. The van der Waals surface area contributed by atoms with Crippen LogP contribution < -0.4 is 15.8 Å². The van der Waals surface area contributed by atoms with Crippen LogP contribution in [0.15, 0.2) is 12.1 Å². The maximum absolute atomic E-state index is 11.0. The van der Waals surface area contributed by atoms with Gasteiger partial charge in [-0.15, -0.1) is 0 Å². The highest BCUT2D eigenvalue weighted by atomic mass is 16.5. The van der Waals surface area contributed by atoms with E-state index in [0.717, 1.165) is 16.9 Å². The van der Waals surface area contributed by atoms with E-state index in [0.29, 0.717) is 18.7 Å². The highest BCUT2D eigenvalue weighted by Crippen LogP contribution is 2.27. The monoisotopic (exact) mass is 222 g/mol. The number of hydrogen-bond acceptors (Lipinski definition) is 3. The molecule has 0 aromatic heterocycles. The number of amides is 1. The van der Waals surface area contributed by atoms with Gasteiger partial charge in [-0.25, -0.2) is 0 Å². The Morgan fingerprint density at radius 2 is 2.12 bits per heavy atom. The number of rotatable bonds is 4. The summed E-state index contributed by atoms with van der Waals surface area (Å²) in [7, 11) is 1.61. The smallest absolute Gasteiger partial charge is 0.223 e. The first-order valence-corrected chi connectivity index (χ1v) is 5.25. The number of benzene rings is 1. The number of carbonyl (C=O) groups excluding carboxylic acids is 1. The van der Waals surface area contributed by atoms with Crippen molar-refractivity contribution in [2.24, 2.45) is 0 Å². The van der Waals surface area contributed by atoms with Crippen molar-refractivity contribution in [2.75, 3.05) is 19.4 Å². The van der Waals surface area contributed by atoms with Gasteiger partial charge in [0.2, 0.25) is 5.91 Å². The Morgan fingerprint density at radius 1 is 1.44 bits per heavy atom. The lowest BCUT2D eigenvalue weighted by atomic mass is 10.1. The van der Waals surface area contributed by atoms with Crippen molar-refractivity contribution in [3.8, 4) is 5.75 Å². The van der Waals surface area contributed by atoms with Gasteiger partial charge in [-0.3, -0.25) is 4.79 Å². The molecule has 4 heteroatoms. The third-order valence-electron chi connectivity index (χ3n) is 2.50. The van der Waals surface area contributed by atoms with Gasteiger partial charge in [0, 0.05) is 18.3 Å². The Balaban J connectivity index is 2.67. The molecule has 1 amide bonds. The number of anilines is 1. The SMILES string of the molecule is CNC(=O)CCOc1c(C)ccc(N)c1C. The third-order valence-corrected chi connectivity index (χ3v) is 2.50. The highest BCUT2D eigenvalue weighted by Gasteiger charge is 2.07. The number of nitrogens with one attached hydrogen (secondary N) is 1. The molecule has 0 unspecified atom stereocenters. The third kappa shape index (κ3) is 2.89. The second-order valence-electron chi connectivity index (χ2n) is 3.70. The molecule has 0 saturated carbocycles. The maximum atomic E-state index is 11.0. The summed E-state index contributed by atoms with van der Waals surface area (Å²) in [6.45, 7) is 4.24. The number of aryl methyl sites for hydroxylation is 1. The maximum Gasteiger partial charge on any atom is 0.223 e. The molecule has 3 N–H and O–H groups in total. The molecule has 0 radical (unpaired) electrons. The van der Waals surface area contributed by atoms with E-state index in [-0.39, 0.29) is 5.91 Å². The standard InChI is InChI=1S/C12H18N2O2/c1-8-4-5-10(13)9(2)12(8)16-7-6-11(15)14-3/h4-5H,6-7,13H2,1-3H3,(H,14,15). The Morgan fingerprint density at radius 3 is 2.75 bits per heavy atom. The largest absolute Gasteiger partial charge is 0.492 e. The zero-order valence-corrected chi connectivity index (χ0v) is 9.96. The highest BCUT2D eigenvalue weighted by molar-refractivity contribution is 5.75. The Hall–Kier alpha value is -1.71. The predicted molar refractivity (Wildman–Crippen MR) is 64.5 cm³/mol. The average molecular weight is 222 g/mol. The molecular formula is C12H18N2O2. The topological polar surface area (TPSA) is 64.3 Å². The molecule has 0 atom stereocenters. The Labute approximate surface area is 95.8 Å². The summed E-state index contributed by atoms with van der Waals surface area (Å²) in [5.41, 5.74) is 8.46. The van der Waals surface area contributed by atoms with Gasteiger partial charge in [0.15, 0.2) is 0 Å². The van der Waals surface area contributed by atoms with Crippen LogP contribution in [0.1, 0.15) is 17.5 Å². The molecular weight excluding hydrogens is 204 g/mol. The fourth-order valence-corrected chi connectivity index (χ4v) is 1.44. The zero-order chi connectivity index (χ0) is 12.1. The van der Waals surface area contributed by atoms with E-state index in [1.807, 2.05) is 26.0 Å². The zero-order valence-electron chi connectivity index (χ0n) is 9.96. The lowest BCUT2D eigenvalue weighted by Gasteiger charge is -2.13. The molecule has 0 spiro atoms. The van der Waals surface area contributed by atoms with Gasteiger partial charge in [0.25, 0.3) is 0 Å².